The molecule has 0 aliphatic carbocycles. The Morgan fingerprint density at radius 3 is 2.13 bits per heavy atom. The minimum atomic E-state index is -4.15. The average Bonchev–Trinajstić information content (AvgIpc) is 2.91. The van der Waals surface area contributed by atoms with Crippen molar-refractivity contribution in [3.63, 3.8) is 0 Å². The van der Waals surface area contributed by atoms with E-state index in [1.165, 1.54) is 17.0 Å². The highest BCUT2D eigenvalue weighted by Crippen LogP contribution is 2.30. The van der Waals surface area contributed by atoms with E-state index in [0.717, 1.165) is 21.9 Å². The minimum absolute atomic E-state index is 0.0281. The summed E-state index contributed by atoms with van der Waals surface area (Å²) in [5.41, 5.74) is 2.06. The lowest BCUT2D eigenvalue weighted by Crippen LogP contribution is -2.52. The molecule has 0 saturated carbocycles. The summed E-state index contributed by atoms with van der Waals surface area (Å²) < 4.78 is 28.5. The van der Waals surface area contributed by atoms with Gasteiger partial charge in [0.1, 0.15) is 12.6 Å². The van der Waals surface area contributed by atoms with Gasteiger partial charge < -0.3 is 10.2 Å². The Kier molecular flexibility index (Phi) is 9.94. The maximum absolute atomic E-state index is 13.9. The number of rotatable bonds is 11. The molecule has 3 aromatic carbocycles. The minimum Gasteiger partial charge on any atom is -0.352 e. The molecule has 2 unspecified atom stereocenters. The van der Waals surface area contributed by atoms with Crippen LogP contribution in [0.5, 0.6) is 0 Å². The SMILES string of the molecule is CCC(C)NC(=O)C(C)N(Cc1ccc(C)cc1)C(=O)CN(c1ccccc1Cl)S(=O)(=O)c1ccccc1. The summed E-state index contributed by atoms with van der Waals surface area (Å²) in [7, 11) is -4.15. The van der Waals surface area contributed by atoms with Crippen LogP contribution in [0.4, 0.5) is 5.69 Å². The van der Waals surface area contributed by atoms with Crippen molar-refractivity contribution in [2.75, 3.05) is 10.8 Å². The Bertz CT molecular complexity index is 1350. The molecule has 38 heavy (non-hydrogen) atoms. The molecular formula is C29H34ClN3O4S. The maximum Gasteiger partial charge on any atom is 0.264 e. The number of carbonyl (C=O) groups excluding carboxylic acids is 2. The number of para-hydroxylation sites is 1. The molecule has 9 heteroatoms. The van der Waals surface area contributed by atoms with Crippen LogP contribution < -0.4 is 9.62 Å². The van der Waals surface area contributed by atoms with Crippen LogP contribution in [0.25, 0.3) is 0 Å². The molecule has 3 rings (SSSR count). The molecule has 202 valence electrons. The first kappa shape index (κ1) is 29.2. The predicted molar refractivity (Wildman–Crippen MR) is 152 cm³/mol. The Labute approximate surface area is 230 Å². The van der Waals surface area contributed by atoms with E-state index in [1.54, 1.807) is 49.4 Å². The second-order valence-corrected chi connectivity index (χ2v) is 11.5. The monoisotopic (exact) mass is 555 g/mol. The molecule has 0 saturated heterocycles. The largest absolute Gasteiger partial charge is 0.352 e. The molecule has 0 aliphatic rings. The fourth-order valence-corrected chi connectivity index (χ4v) is 5.57. The molecule has 3 aromatic rings. The van der Waals surface area contributed by atoms with Gasteiger partial charge in [0.15, 0.2) is 0 Å². The zero-order chi connectivity index (χ0) is 27.9. The predicted octanol–water partition coefficient (Wildman–Crippen LogP) is 5.18. The van der Waals surface area contributed by atoms with Crippen LogP contribution in [-0.4, -0.2) is 43.8 Å². The van der Waals surface area contributed by atoms with Gasteiger partial charge in [0.2, 0.25) is 11.8 Å². The van der Waals surface area contributed by atoms with Crippen LogP contribution in [0.2, 0.25) is 5.02 Å². The van der Waals surface area contributed by atoms with Gasteiger partial charge in [-0.3, -0.25) is 13.9 Å². The highest BCUT2D eigenvalue weighted by molar-refractivity contribution is 7.92. The van der Waals surface area contributed by atoms with Gasteiger partial charge in [0, 0.05) is 12.6 Å². The van der Waals surface area contributed by atoms with E-state index in [9.17, 15) is 18.0 Å². The van der Waals surface area contributed by atoms with Gasteiger partial charge in [-0.05, 0) is 57.0 Å². The second kappa shape index (κ2) is 12.9. The van der Waals surface area contributed by atoms with Crippen LogP contribution in [0, 0.1) is 6.92 Å². The number of benzene rings is 3. The molecule has 0 bridgehead atoms. The number of anilines is 1. The first-order valence-electron chi connectivity index (χ1n) is 12.5. The third kappa shape index (κ3) is 7.14. The molecule has 7 nitrogen and oxygen atoms in total. The molecule has 0 heterocycles. The number of hydrogen-bond acceptors (Lipinski definition) is 4. The number of carbonyl (C=O) groups is 2. The van der Waals surface area contributed by atoms with Gasteiger partial charge in [-0.25, -0.2) is 8.42 Å². The number of nitrogens with zero attached hydrogens (tertiary/aromatic N) is 2. The van der Waals surface area contributed by atoms with Crippen molar-refractivity contribution in [2.24, 2.45) is 0 Å². The van der Waals surface area contributed by atoms with Gasteiger partial charge in [0.05, 0.1) is 15.6 Å². The van der Waals surface area contributed by atoms with Crippen molar-refractivity contribution in [3.8, 4) is 0 Å². The van der Waals surface area contributed by atoms with Gasteiger partial charge in [-0.2, -0.15) is 0 Å². The van der Waals surface area contributed by atoms with E-state index in [1.807, 2.05) is 45.0 Å². The fraction of sp³-hybridized carbons (Fsp3) is 0.310. The van der Waals surface area contributed by atoms with Crippen LogP contribution in [0.3, 0.4) is 0 Å². The third-order valence-corrected chi connectivity index (χ3v) is 8.47. The first-order chi connectivity index (χ1) is 18.0. The maximum atomic E-state index is 13.9. The van der Waals surface area contributed by atoms with Crippen molar-refractivity contribution >= 4 is 39.1 Å². The van der Waals surface area contributed by atoms with Crippen molar-refractivity contribution < 1.29 is 18.0 Å². The zero-order valence-corrected chi connectivity index (χ0v) is 23.7. The van der Waals surface area contributed by atoms with E-state index >= 15 is 0 Å². The molecule has 0 aromatic heterocycles. The number of aryl methyl sites for hydroxylation is 1. The summed E-state index contributed by atoms with van der Waals surface area (Å²) in [6.07, 6.45) is 0.736. The molecule has 0 spiro atoms. The summed E-state index contributed by atoms with van der Waals surface area (Å²) in [4.78, 5) is 28.4. The second-order valence-electron chi connectivity index (χ2n) is 9.28. The summed E-state index contributed by atoms with van der Waals surface area (Å²) in [6, 6.07) is 21.1. The summed E-state index contributed by atoms with van der Waals surface area (Å²) >= 11 is 6.41. The summed E-state index contributed by atoms with van der Waals surface area (Å²) in [6.45, 7) is 7.06. The van der Waals surface area contributed by atoms with Crippen LogP contribution >= 0.6 is 11.6 Å². The Morgan fingerprint density at radius 1 is 0.921 bits per heavy atom. The van der Waals surface area contributed by atoms with Crippen molar-refractivity contribution in [3.05, 3.63) is 95.0 Å². The Hall–Kier alpha value is -3.36. The molecular weight excluding hydrogens is 522 g/mol. The molecule has 0 radical (unpaired) electrons. The van der Waals surface area contributed by atoms with Gasteiger partial charge in [-0.15, -0.1) is 0 Å². The summed E-state index contributed by atoms with van der Waals surface area (Å²) in [5, 5.41) is 3.11. The van der Waals surface area contributed by atoms with Crippen LogP contribution in [0.1, 0.15) is 38.3 Å². The van der Waals surface area contributed by atoms with Crippen LogP contribution in [-0.2, 0) is 26.2 Å². The highest BCUT2D eigenvalue weighted by atomic mass is 35.5. The quantitative estimate of drug-likeness (QED) is 0.353. The molecule has 2 atom stereocenters. The van der Waals surface area contributed by atoms with Gasteiger partial charge in [-0.1, -0.05) is 78.7 Å². The standard InChI is InChI=1S/C29H34ClN3O4S/c1-5-22(3)31-29(35)23(4)32(19-24-17-15-21(2)16-18-24)28(34)20-33(27-14-10-9-13-26(27)30)38(36,37)25-11-7-6-8-12-25/h6-18,22-23H,5,19-20H2,1-4H3,(H,31,35). The Balaban J connectivity index is 2.02. The molecule has 2 amide bonds. The molecule has 1 N–H and O–H groups in total. The van der Waals surface area contributed by atoms with Crippen molar-refractivity contribution in [2.45, 2.75) is 57.6 Å². The molecule has 0 aliphatic heterocycles. The van der Waals surface area contributed by atoms with E-state index in [2.05, 4.69) is 5.32 Å². The van der Waals surface area contributed by atoms with Crippen molar-refractivity contribution in [1.29, 1.82) is 0 Å². The van der Waals surface area contributed by atoms with E-state index in [-0.39, 0.29) is 34.1 Å². The first-order valence-corrected chi connectivity index (χ1v) is 14.3. The third-order valence-electron chi connectivity index (χ3n) is 6.37. The number of sulfonamides is 1. The Morgan fingerprint density at radius 2 is 1.53 bits per heavy atom. The van der Waals surface area contributed by atoms with E-state index in [0.29, 0.717) is 0 Å². The lowest BCUT2D eigenvalue weighted by Gasteiger charge is -2.32. The highest BCUT2D eigenvalue weighted by Gasteiger charge is 2.33. The number of hydrogen-bond donors (Lipinski definition) is 1. The number of nitrogens with one attached hydrogen (secondary N) is 1. The van der Waals surface area contributed by atoms with E-state index < -0.39 is 28.5 Å². The summed E-state index contributed by atoms with van der Waals surface area (Å²) in [5.74, 6) is -0.841. The zero-order valence-electron chi connectivity index (χ0n) is 22.1. The smallest absolute Gasteiger partial charge is 0.264 e. The lowest BCUT2D eigenvalue weighted by molar-refractivity contribution is -0.139. The number of amides is 2. The normalized spacial score (nSPS) is 12.9. The van der Waals surface area contributed by atoms with Crippen molar-refractivity contribution in [1.82, 2.24) is 10.2 Å². The van der Waals surface area contributed by atoms with Crippen LogP contribution in [0.15, 0.2) is 83.8 Å². The average molecular weight is 556 g/mol. The molecule has 0 fully saturated rings. The van der Waals surface area contributed by atoms with Gasteiger partial charge >= 0.3 is 0 Å². The number of halogens is 1. The van der Waals surface area contributed by atoms with E-state index in [4.69, 9.17) is 11.6 Å². The van der Waals surface area contributed by atoms with Gasteiger partial charge in [0.25, 0.3) is 10.0 Å². The lowest BCUT2D eigenvalue weighted by atomic mass is 10.1. The fourth-order valence-electron chi connectivity index (χ4n) is 3.83. The topological polar surface area (TPSA) is 86.8 Å².